The molecule has 26 heavy (non-hydrogen) atoms. The van der Waals surface area contributed by atoms with Gasteiger partial charge in [0.25, 0.3) is 0 Å². The smallest absolute Gasteiger partial charge is 0.200 e. The average molecular weight is 371 g/mol. The third-order valence-electron chi connectivity index (χ3n) is 4.72. The Morgan fingerprint density at radius 1 is 1.19 bits per heavy atom. The molecule has 0 saturated carbocycles. The highest BCUT2D eigenvalue weighted by Gasteiger charge is 2.44. The number of thioether (sulfide) groups is 1. The summed E-state index contributed by atoms with van der Waals surface area (Å²) in [5.74, 6) is 0.802. The second kappa shape index (κ2) is 6.72. The monoisotopic (exact) mass is 371 g/mol. The van der Waals surface area contributed by atoms with Gasteiger partial charge in [-0.1, -0.05) is 24.8 Å². The summed E-state index contributed by atoms with van der Waals surface area (Å²) in [6.07, 6.45) is 1.80. The first-order valence-corrected chi connectivity index (χ1v) is 9.37. The van der Waals surface area contributed by atoms with Crippen LogP contribution in [-0.4, -0.2) is 46.2 Å². The number of pyridine rings is 1. The van der Waals surface area contributed by atoms with Gasteiger partial charge in [0, 0.05) is 18.0 Å². The number of hydrogen-bond donors (Lipinski definition) is 1. The summed E-state index contributed by atoms with van der Waals surface area (Å²) in [7, 11) is 3.08. The summed E-state index contributed by atoms with van der Waals surface area (Å²) in [5, 5.41) is 11.8. The predicted molar refractivity (Wildman–Crippen MR) is 102 cm³/mol. The van der Waals surface area contributed by atoms with Crippen LogP contribution in [0.3, 0.4) is 0 Å². The zero-order valence-electron chi connectivity index (χ0n) is 14.9. The number of aliphatic imine (C=N–C) groups is 1. The minimum Gasteiger partial charge on any atom is -0.502 e. The molecular formula is C19H21N3O3S. The van der Waals surface area contributed by atoms with Crippen LogP contribution >= 0.6 is 11.8 Å². The zero-order chi connectivity index (χ0) is 18.3. The second-order valence-electron chi connectivity index (χ2n) is 6.41. The molecule has 0 radical (unpaired) electrons. The molecule has 3 heterocycles. The van der Waals surface area contributed by atoms with Crippen LogP contribution in [-0.2, 0) is 0 Å². The summed E-state index contributed by atoms with van der Waals surface area (Å²) in [6, 6.07) is 9.51. The minimum absolute atomic E-state index is 0.0106. The Labute approximate surface area is 156 Å². The van der Waals surface area contributed by atoms with Gasteiger partial charge in [-0.05, 0) is 29.8 Å². The van der Waals surface area contributed by atoms with Crippen LogP contribution in [0.1, 0.15) is 30.3 Å². The van der Waals surface area contributed by atoms with E-state index in [0.29, 0.717) is 16.7 Å². The van der Waals surface area contributed by atoms with Crippen molar-refractivity contribution in [1.82, 2.24) is 9.88 Å². The lowest BCUT2D eigenvalue weighted by Crippen LogP contribution is -2.28. The molecule has 3 atom stereocenters. The first kappa shape index (κ1) is 17.0. The molecule has 0 unspecified atom stereocenters. The van der Waals surface area contributed by atoms with Gasteiger partial charge >= 0.3 is 0 Å². The number of amidine groups is 1. The quantitative estimate of drug-likeness (QED) is 0.889. The lowest BCUT2D eigenvalue weighted by Gasteiger charge is -2.28. The molecule has 0 amide bonds. The van der Waals surface area contributed by atoms with E-state index >= 15 is 0 Å². The third kappa shape index (κ3) is 2.76. The van der Waals surface area contributed by atoms with Crippen molar-refractivity contribution < 1.29 is 14.6 Å². The number of aromatic hydroxyl groups is 1. The van der Waals surface area contributed by atoms with Gasteiger partial charge in [0.2, 0.25) is 5.75 Å². The molecule has 1 N–H and O–H groups in total. The molecule has 2 aliphatic heterocycles. The molecule has 0 aliphatic carbocycles. The lowest BCUT2D eigenvalue weighted by atomic mass is 9.95. The second-order valence-corrected chi connectivity index (χ2v) is 7.82. The van der Waals surface area contributed by atoms with E-state index in [4.69, 9.17) is 14.5 Å². The molecule has 0 bridgehead atoms. The van der Waals surface area contributed by atoms with E-state index in [1.807, 2.05) is 30.3 Å². The van der Waals surface area contributed by atoms with Crippen LogP contribution in [0.2, 0.25) is 0 Å². The van der Waals surface area contributed by atoms with Crippen LogP contribution in [0.4, 0.5) is 0 Å². The molecule has 136 valence electrons. The summed E-state index contributed by atoms with van der Waals surface area (Å²) >= 11 is 1.79. The zero-order valence-corrected chi connectivity index (χ0v) is 15.7. The first-order valence-electron chi connectivity index (χ1n) is 8.49. The highest BCUT2D eigenvalue weighted by Crippen LogP contribution is 2.50. The molecule has 1 aromatic carbocycles. The van der Waals surface area contributed by atoms with Crippen molar-refractivity contribution >= 4 is 16.9 Å². The molecule has 4 rings (SSSR count). The number of nitrogens with zero attached hydrogens (tertiary/aromatic N) is 3. The maximum atomic E-state index is 10.3. The number of aromatic nitrogens is 1. The van der Waals surface area contributed by atoms with Gasteiger partial charge in [-0.3, -0.25) is 9.98 Å². The number of fused-ring (bicyclic) bond motifs is 1. The van der Waals surface area contributed by atoms with Crippen molar-refractivity contribution in [3.8, 4) is 17.2 Å². The maximum Gasteiger partial charge on any atom is 0.200 e. The van der Waals surface area contributed by atoms with Crippen LogP contribution in [0.5, 0.6) is 17.2 Å². The Bertz CT molecular complexity index is 818. The molecule has 0 spiro atoms. The number of phenolic OH excluding ortho intramolecular Hbond substituents is 1. The number of ether oxygens (including phenoxy) is 2. The molecule has 1 fully saturated rings. The van der Waals surface area contributed by atoms with Gasteiger partial charge in [-0.15, -0.1) is 0 Å². The van der Waals surface area contributed by atoms with Crippen LogP contribution < -0.4 is 9.47 Å². The molecular weight excluding hydrogens is 350 g/mol. The Morgan fingerprint density at radius 3 is 2.54 bits per heavy atom. The van der Waals surface area contributed by atoms with Crippen LogP contribution in [0, 0.1) is 0 Å². The highest BCUT2D eigenvalue weighted by molar-refractivity contribution is 8.14. The Hall–Kier alpha value is -2.41. The van der Waals surface area contributed by atoms with Crippen molar-refractivity contribution in [2.24, 2.45) is 4.99 Å². The van der Waals surface area contributed by atoms with Crippen LogP contribution in [0.25, 0.3) is 0 Å². The molecule has 6 nitrogen and oxygen atoms in total. The molecule has 1 aromatic heterocycles. The summed E-state index contributed by atoms with van der Waals surface area (Å²) in [5.41, 5.74) is 1.92. The van der Waals surface area contributed by atoms with Gasteiger partial charge in [0.05, 0.1) is 26.0 Å². The van der Waals surface area contributed by atoms with Crippen molar-refractivity contribution in [2.75, 3.05) is 20.8 Å². The third-order valence-corrected chi connectivity index (χ3v) is 5.83. The van der Waals surface area contributed by atoms with Gasteiger partial charge in [0.1, 0.15) is 6.04 Å². The summed E-state index contributed by atoms with van der Waals surface area (Å²) in [4.78, 5) is 11.8. The van der Waals surface area contributed by atoms with Gasteiger partial charge in [-0.25, -0.2) is 0 Å². The van der Waals surface area contributed by atoms with Crippen molar-refractivity contribution in [3.63, 3.8) is 0 Å². The van der Waals surface area contributed by atoms with Gasteiger partial charge in [0.15, 0.2) is 16.7 Å². The Kier molecular flexibility index (Phi) is 4.40. The fourth-order valence-electron chi connectivity index (χ4n) is 3.56. The standard InChI is InChI=1S/C19H21N3O3S/c1-11-10-22-17(12-8-14(24-2)18(23)15(9-12)25-3)16(21-19(22)26-11)13-6-4-5-7-20-13/h4-9,11,16-17,23H,10H2,1-3H3/t11-,16-,17+/m0/s1. The minimum atomic E-state index is -0.106. The molecule has 2 aromatic rings. The normalized spacial score (nSPS) is 24.3. The summed E-state index contributed by atoms with van der Waals surface area (Å²) in [6.45, 7) is 3.12. The number of rotatable bonds is 4. The van der Waals surface area contributed by atoms with Crippen molar-refractivity contribution in [3.05, 3.63) is 47.8 Å². The van der Waals surface area contributed by atoms with Gasteiger partial charge < -0.3 is 19.5 Å². The Balaban J connectivity index is 1.82. The van der Waals surface area contributed by atoms with Crippen LogP contribution in [0.15, 0.2) is 41.5 Å². The molecule has 7 heteroatoms. The highest BCUT2D eigenvalue weighted by atomic mass is 32.2. The fraction of sp³-hybridized carbons (Fsp3) is 0.368. The van der Waals surface area contributed by atoms with Crippen molar-refractivity contribution in [1.29, 1.82) is 0 Å². The molecule has 1 saturated heterocycles. The van der Waals surface area contributed by atoms with E-state index in [1.54, 1.807) is 32.2 Å². The number of phenols is 1. The number of hydrogen-bond acceptors (Lipinski definition) is 7. The fourth-order valence-corrected chi connectivity index (χ4v) is 4.66. The SMILES string of the molecule is COc1cc([C@@H]2[C@H](c3ccccn3)N=C3S[C@@H](C)CN32)cc(OC)c1O. The van der Waals surface area contributed by atoms with E-state index in [9.17, 15) is 5.11 Å². The maximum absolute atomic E-state index is 10.3. The molecule has 2 aliphatic rings. The van der Waals surface area contributed by atoms with Crippen molar-refractivity contribution in [2.45, 2.75) is 24.3 Å². The number of benzene rings is 1. The number of methoxy groups -OCH3 is 2. The predicted octanol–water partition coefficient (Wildman–Crippen LogP) is 3.39. The average Bonchev–Trinajstić information content (AvgIpc) is 3.18. The largest absolute Gasteiger partial charge is 0.502 e. The topological polar surface area (TPSA) is 67.2 Å². The first-order chi connectivity index (χ1) is 12.6. The van der Waals surface area contributed by atoms with E-state index < -0.39 is 0 Å². The van der Waals surface area contributed by atoms with E-state index in [-0.39, 0.29) is 17.8 Å². The van der Waals surface area contributed by atoms with E-state index in [1.165, 1.54) is 0 Å². The van der Waals surface area contributed by atoms with E-state index in [2.05, 4.69) is 16.8 Å². The summed E-state index contributed by atoms with van der Waals surface area (Å²) < 4.78 is 10.7. The Morgan fingerprint density at radius 2 is 1.92 bits per heavy atom. The lowest BCUT2D eigenvalue weighted by molar-refractivity contribution is 0.311. The van der Waals surface area contributed by atoms with E-state index in [0.717, 1.165) is 23.0 Å². The van der Waals surface area contributed by atoms with Gasteiger partial charge in [-0.2, -0.15) is 0 Å².